The van der Waals surface area contributed by atoms with Crippen LogP contribution in [0.3, 0.4) is 0 Å². The third kappa shape index (κ3) is 5.00. The number of hydrogen-bond donors (Lipinski definition) is 1. The maximum atomic E-state index is 12.8. The number of ketones is 1. The summed E-state index contributed by atoms with van der Waals surface area (Å²) in [4.78, 5) is 15.3. The molecular formula is C26H29NO3. The Kier molecular flexibility index (Phi) is 6.65. The fraction of sp³-hybridized carbons (Fsp3) is 0.346. The number of nitrogens with zero attached hydrogens (tertiary/aromatic N) is 1. The number of benzene rings is 2. The molecule has 2 aliphatic rings. The summed E-state index contributed by atoms with van der Waals surface area (Å²) in [5.41, 5.74) is 2.92. The van der Waals surface area contributed by atoms with Crippen molar-refractivity contribution in [3.63, 3.8) is 0 Å². The number of likely N-dealkylation sites (tertiary alicyclic amines) is 1. The highest BCUT2D eigenvalue weighted by Gasteiger charge is 2.23. The van der Waals surface area contributed by atoms with Crippen molar-refractivity contribution >= 4 is 11.9 Å². The number of ether oxygens (including phenoxy) is 1. The third-order valence-corrected chi connectivity index (χ3v) is 5.85. The van der Waals surface area contributed by atoms with Crippen LogP contribution in [-0.4, -0.2) is 42.0 Å². The van der Waals surface area contributed by atoms with Gasteiger partial charge in [0.05, 0.1) is 0 Å². The van der Waals surface area contributed by atoms with Gasteiger partial charge in [0.15, 0.2) is 5.78 Å². The molecule has 0 atom stereocenters. The summed E-state index contributed by atoms with van der Waals surface area (Å²) in [7, 11) is 0. The zero-order chi connectivity index (χ0) is 20.8. The number of hydrogen-bond acceptors (Lipinski definition) is 4. The van der Waals surface area contributed by atoms with Crippen molar-refractivity contribution in [3.8, 4) is 5.75 Å². The van der Waals surface area contributed by atoms with E-state index >= 15 is 0 Å². The van der Waals surface area contributed by atoms with E-state index in [-0.39, 0.29) is 11.5 Å². The number of aliphatic hydroxyl groups excluding tert-OH is 1. The van der Waals surface area contributed by atoms with E-state index in [0.29, 0.717) is 24.2 Å². The summed E-state index contributed by atoms with van der Waals surface area (Å²) < 4.78 is 5.94. The summed E-state index contributed by atoms with van der Waals surface area (Å²) in [6, 6.07) is 17.1. The van der Waals surface area contributed by atoms with Gasteiger partial charge in [-0.2, -0.15) is 0 Å². The summed E-state index contributed by atoms with van der Waals surface area (Å²) in [6.07, 6.45) is 6.77. The molecule has 4 heteroatoms. The zero-order valence-corrected chi connectivity index (χ0v) is 17.3. The standard InChI is InChI=1S/C26H29NO3/c28-25(21-9-2-1-3-10-21)24-13-7-11-22(26(24)29)18-20-8-6-12-23(19-20)30-17-16-27-14-4-5-15-27/h1-3,6,8-10,12,18-19,29H,4-5,7,11,13-17H2/b22-18+. The quantitative estimate of drug-likeness (QED) is 0.627. The zero-order valence-electron chi connectivity index (χ0n) is 17.3. The summed E-state index contributed by atoms with van der Waals surface area (Å²) in [6.45, 7) is 3.98. The number of rotatable bonds is 7. The molecule has 0 radical (unpaired) electrons. The van der Waals surface area contributed by atoms with Crippen LogP contribution in [0.5, 0.6) is 5.75 Å². The molecule has 0 bridgehead atoms. The van der Waals surface area contributed by atoms with Crippen molar-refractivity contribution in [3.05, 3.63) is 82.6 Å². The Labute approximate surface area is 178 Å². The Bertz CT molecular complexity index is 940. The lowest BCUT2D eigenvalue weighted by molar-refractivity contribution is 0.102. The molecule has 0 saturated carbocycles. The van der Waals surface area contributed by atoms with Gasteiger partial charge in [0.2, 0.25) is 0 Å². The van der Waals surface area contributed by atoms with Gasteiger partial charge in [0.1, 0.15) is 18.1 Å². The summed E-state index contributed by atoms with van der Waals surface area (Å²) in [5.74, 6) is 0.886. The molecular weight excluding hydrogens is 374 g/mol. The maximum Gasteiger partial charge on any atom is 0.192 e. The molecule has 30 heavy (non-hydrogen) atoms. The lowest BCUT2D eigenvalue weighted by Gasteiger charge is -2.19. The first-order valence-electron chi connectivity index (χ1n) is 10.9. The van der Waals surface area contributed by atoms with Crippen LogP contribution in [0.1, 0.15) is 48.0 Å². The van der Waals surface area contributed by atoms with Gasteiger partial charge in [-0.25, -0.2) is 0 Å². The third-order valence-electron chi connectivity index (χ3n) is 5.85. The minimum atomic E-state index is -0.0855. The van der Waals surface area contributed by atoms with Gasteiger partial charge in [-0.15, -0.1) is 0 Å². The van der Waals surface area contributed by atoms with Gasteiger partial charge in [-0.3, -0.25) is 9.69 Å². The van der Waals surface area contributed by atoms with Crippen LogP contribution in [0.2, 0.25) is 0 Å². The van der Waals surface area contributed by atoms with Crippen molar-refractivity contribution in [1.29, 1.82) is 0 Å². The molecule has 2 aromatic carbocycles. The van der Waals surface area contributed by atoms with Crippen molar-refractivity contribution < 1.29 is 14.6 Å². The SMILES string of the molecule is O=C(C1=C(O)/C(=C/c2cccc(OCCN3CCCC3)c2)CCC1)c1ccccc1. The Morgan fingerprint density at radius 2 is 1.80 bits per heavy atom. The fourth-order valence-corrected chi connectivity index (χ4v) is 4.21. The Balaban J connectivity index is 1.47. The predicted molar refractivity (Wildman–Crippen MR) is 120 cm³/mol. The highest BCUT2D eigenvalue weighted by atomic mass is 16.5. The monoisotopic (exact) mass is 403 g/mol. The molecule has 1 N–H and O–H groups in total. The molecule has 1 aliphatic carbocycles. The predicted octanol–water partition coefficient (Wildman–Crippen LogP) is 5.42. The first-order chi connectivity index (χ1) is 14.7. The molecule has 2 aromatic rings. The molecule has 1 fully saturated rings. The lowest BCUT2D eigenvalue weighted by atomic mass is 9.88. The Hall–Kier alpha value is -2.85. The van der Waals surface area contributed by atoms with Gasteiger partial charge >= 0.3 is 0 Å². The molecule has 0 spiro atoms. The number of carbonyl (C=O) groups excluding carboxylic acids is 1. The number of Topliss-reactive ketones (excluding diaryl/α,β-unsaturated/α-hetero) is 1. The lowest BCUT2D eigenvalue weighted by Crippen LogP contribution is -2.25. The van der Waals surface area contributed by atoms with E-state index in [1.54, 1.807) is 12.1 Å². The van der Waals surface area contributed by atoms with E-state index in [1.165, 1.54) is 25.9 Å². The first kappa shape index (κ1) is 20.4. The van der Waals surface area contributed by atoms with Gasteiger partial charge in [-0.05, 0) is 74.5 Å². The van der Waals surface area contributed by atoms with E-state index in [2.05, 4.69) is 4.90 Å². The molecule has 0 unspecified atom stereocenters. The maximum absolute atomic E-state index is 12.8. The highest BCUT2D eigenvalue weighted by Crippen LogP contribution is 2.32. The van der Waals surface area contributed by atoms with Crippen LogP contribution in [0.25, 0.3) is 6.08 Å². The van der Waals surface area contributed by atoms with E-state index < -0.39 is 0 Å². The molecule has 1 heterocycles. The van der Waals surface area contributed by atoms with E-state index in [9.17, 15) is 9.90 Å². The molecule has 1 saturated heterocycles. The summed E-state index contributed by atoms with van der Waals surface area (Å²) in [5, 5.41) is 10.8. The number of carbonyl (C=O) groups is 1. The van der Waals surface area contributed by atoms with Crippen molar-refractivity contribution in [2.45, 2.75) is 32.1 Å². The Morgan fingerprint density at radius 1 is 1.00 bits per heavy atom. The van der Waals surface area contributed by atoms with Crippen LogP contribution >= 0.6 is 0 Å². The van der Waals surface area contributed by atoms with Crippen molar-refractivity contribution in [1.82, 2.24) is 4.90 Å². The van der Waals surface area contributed by atoms with Crippen LogP contribution in [0, 0.1) is 0 Å². The van der Waals surface area contributed by atoms with E-state index in [4.69, 9.17) is 4.74 Å². The van der Waals surface area contributed by atoms with Crippen LogP contribution < -0.4 is 4.74 Å². The van der Waals surface area contributed by atoms with Crippen LogP contribution in [-0.2, 0) is 0 Å². The highest BCUT2D eigenvalue weighted by molar-refractivity contribution is 6.09. The second-order valence-corrected chi connectivity index (χ2v) is 8.02. The van der Waals surface area contributed by atoms with Gasteiger partial charge in [0.25, 0.3) is 0 Å². The molecule has 0 amide bonds. The average molecular weight is 404 g/mol. The van der Waals surface area contributed by atoms with E-state index in [0.717, 1.165) is 36.3 Å². The number of allylic oxidation sites excluding steroid dienone is 2. The smallest absolute Gasteiger partial charge is 0.192 e. The minimum Gasteiger partial charge on any atom is -0.507 e. The van der Waals surface area contributed by atoms with E-state index in [1.807, 2.05) is 48.5 Å². The topological polar surface area (TPSA) is 49.8 Å². The summed E-state index contributed by atoms with van der Waals surface area (Å²) >= 11 is 0. The van der Waals surface area contributed by atoms with Gasteiger partial charge in [-0.1, -0.05) is 42.5 Å². The number of aliphatic hydroxyl groups is 1. The second-order valence-electron chi connectivity index (χ2n) is 8.02. The molecule has 0 aromatic heterocycles. The second kappa shape index (κ2) is 9.77. The van der Waals surface area contributed by atoms with Gasteiger partial charge < -0.3 is 9.84 Å². The molecule has 156 valence electrons. The largest absolute Gasteiger partial charge is 0.507 e. The van der Waals surface area contributed by atoms with Gasteiger partial charge in [0, 0.05) is 17.7 Å². The van der Waals surface area contributed by atoms with Crippen LogP contribution in [0.15, 0.2) is 71.5 Å². The molecule has 4 nitrogen and oxygen atoms in total. The minimum absolute atomic E-state index is 0.0855. The van der Waals surface area contributed by atoms with Crippen molar-refractivity contribution in [2.24, 2.45) is 0 Å². The molecule has 4 rings (SSSR count). The normalized spacial score (nSPS) is 18.7. The first-order valence-corrected chi connectivity index (χ1v) is 10.9. The van der Waals surface area contributed by atoms with Crippen LogP contribution in [0.4, 0.5) is 0 Å². The average Bonchev–Trinajstić information content (AvgIpc) is 3.29. The Morgan fingerprint density at radius 3 is 2.60 bits per heavy atom. The fourth-order valence-electron chi connectivity index (χ4n) is 4.21. The van der Waals surface area contributed by atoms with Crippen molar-refractivity contribution in [2.75, 3.05) is 26.2 Å². The molecule has 1 aliphatic heterocycles.